The van der Waals surface area contributed by atoms with Gasteiger partial charge in [-0.05, 0) is 49.3 Å². The van der Waals surface area contributed by atoms with Crippen molar-refractivity contribution in [3.63, 3.8) is 0 Å². The highest BCUT2D eigenvalue weighted by Gasteiger charge is 2.10. The number of thioether (sulfide) groups is 1. The highest BCUT2D eigenvalue weighted by Crippen LogP contribution is 2.15. The number of hydrogen-bond acceptors (Lipinski definition) is 3. The fourth-order valence-corrected chi connectivity index (χ4v) is 2.43. The predicted molar refractivity (Wildman–Crippen MR) is 80.7 cm³/mol. The molecule has 1 rings (SSSR count). The van der Waals surface area contributed by atoms with E-state index in [2.05, 4.69) is 12.2 Å². The molecule has 1 unspecified atom stereocenters. The van der Waals surface area contributed by atoms with Crippen LogP contribution in [0.3, 0.4) is 0 Å². The van der Waals surface area contributed by atoms with E-state index in [1.165, 1.54) is 0 Å². The van der Waals surface area contributed by atoms with Gasteiger partial charge in [0.15, 0.2) is 0 Å². The molecule has 1 aromatic rings. The Kier molecular flexibility index (Phi) is 7.60. The molecule has 0 saturated heterocycles. The van der Waals surface area contributed by atoms with Gasteiger partial charge in [-0.15, -0.1) is 11.8 Å². The van der Waals surface area contributed by atoms with E-state index < -0.39 is 0 Å². The van der Waals surface area contributed by atoms with Crippen LogP contribution < -0.4 is 5.32 Å². The van der Waals surface area contributed by atoms with Gasteiger partial charge in [0.1, 0.15) is 0 Å². The van der Waals surface area contributed by atoms with E-state index >= 15 is 0 Å². The lowest BCUT2D eigenvalue weighted by Gasteiger charge is -2.15. The third kappa shape index (κ3) is 5.66. The van der Waals surface area contributed by atoms with E-state index in [1.807, 2.05) is 30.5 Å². The molecule has 0 aliphatic heterocycles. The minimum Gasteiger partial charge on any atom is -0.396 e. The lowest BCUT2D eigenvalue weighted by atomic mass is 10.00. The van der Waals surface area contributed by atoms with Gasteiger partial charge in [-0.2, -0.15) is 0 Å². The number of rotatable bonds is 8. The fourth-order valence-electron chi connectivity index (χ4n) is 2.02. The molecule has 1 amide bonds. The van der Waals surface area contributed by atoms with Crippen molar-refractivity contribution in [2.75, 3.05) is 19.4 Å². The standard InChI is InChI=1S/C15H23NO2S/c1-3-4-12(9-10-17)11-16-15(18)13-5-7-14(19-2)8-6-13/h5-8,12,17H,3-4,9-11H2,1-2H3,(H,16,18). The number of nitrogens with one attached hydrogen (secondary N) is 1. The number of carbonyl (C=O) groups excluding carboxylic acids is 1. The molecule has 0 bridgehead atoms. The zero-order chi connectivity index (χ0) is 14.1. The highest BCUT2D eigenvalue weighted by molar-refractivity contribution is 7.98. The van der Waals surface area contributed by atoms with E-state index in [1.54, 1.807) is 11.8 Å². The van der Waals surface area contributed by atoms with Crippen LogP contribution in [0.1, 0.15) is 36.5 Å². The maximum absolute atomic E-state index is 12.0. The van der Waals surface area contributed by atoms with Crippen molar-refractivity contribution in [1.82, 2.24) is 5.32 Å². The van der Waals surface area contributed by atoms with Crippen molar-refractivity contribution in [1.29, 1.82) is 0 Å². The van der Waals surface area contributed by atoms with Gasteiger partial charge in [-0.1, -0.05) is 13.3 Å². The van der Waals surface area contributed by atoms with Crippen LogP contribution >= 0.6 is 11.8 Å². The zero-order valence-corrected chi connectivity index (χ0v) is 12.5. The van der Waals surface area contributed by atoms with Crippen LogP contribution in [0.25, 0.3) is 0 Å². The summed E-state index contributed by atoms with van der Waals surface area (Å²) >= 11 is 1.66. The third-order valence-corrected chi connectivity index (χ3v) is 3.88. The van der Waals surface area contributed by atoms with E-state index in [4.69, 9.17) is 5.11 Å². The Morgan fingerprint density at radius 1 is 1.32 bits per heavy atom. The van der Waals surface area contributed by atoms with Gasteiger partial charge in [0.25, 0.3) is 5.91 Å². The van der Waals surface area contributed by atoms with Crippen LogP contribution in [0.4, 0.5) is 0 Å². The number of hydrogen-bond donors (Lipinski definition) is 2. The molecule has 4 heteroatoms. The monoisotopic (exact) mass is 281 g/mol. The smallest absolute Gasteiger partial charge is 0.251 e. The van der Waals surface area contributed by atoms with E-state index in [0.29, 0.717) is 18.0 Å². The second kappa shape index (κ2) is 8.99. The highest BCUT2D eigenvalue weighted by atomic mass is 32.2. The lowest BCUT2D eigenvalue weighted by molar-refractivity contribution is 0.0943. The van der Waals surface area contributed by atoms with Gasteiger partial charge in [-0.3, -0.25) is 4.79 Å². The van der Waals surface area contributed by atoms with Crippen molar-refractivity contribution < 1.29 is 9.90 Å². The summed E-state index contributed by atoms with van der Waals surface area (Å²) in [6.45, 7) is 2.94. The number of carbonyl (C=O) groups is 1. The summed E-state index contributed by atoms with van der Waals surface area (Å²) in [4.78, 5) is 13.1. The van der Waals surface area contributed by atoms with Gasteiger partial charge in [0, 0.05) is 23.6 Å². The van der Waals surface area contributed by atoms with Crippen LogP contribution in [-0.2, 0) is 0 Å². The number of aliphatic hydroxyl groups excluding tert-OH is 1. The molecule has 1 aromatic carbocycles. The van der Waals surface area contributed by atoms with Crippen LogP contribution in [-0.4, -0.2) is 30.4 Å². The fraction of sp³-hybridized carbons (Fsp3) is 0.533. The summed E-state index contributed by atoms with van der Waals surface area (Å²) < 4.78 is 0. The number of amides is 1. The Morgan fingerprint density at radius 2 is 2.00 bits per heavy atom. The molecule has 0 fully saturated rings. The normalized spacial score (nSPS) is 12.2. The minimum atomic E-state index is -0.0355. The zero-order valence-electron chi connectivity index (χ0n) is 11.7. The third-order valence-electron chi connectivity index (χ3n) is 3.14. The van der Waals surface area contributed by atoms with Crippen molar-refractivity contribution >= 4 is 17.7 Å². The van der Waals surface area contributed by atoms with Gasteiger partial charge < -0.3 is 10.4 Å². The summed E-state index contributed by atoms with van der Waals surface area (Å²) in [5.41, 5.74) is 0.692. The van der Waals surface area contributed by atoms with E-state index in [-0.39, 0.29) is 12.5 Å². The average Bonchev–Trinajstić information content (AvgIpc) is 2.45. The first-order chi connectivity index (χ1) is 9.21. The Balaban J connectivity index is 2.48. The van der Waals surface area contributed by atoms with Gasteiger partial charge in [-0.25, -0.2) is 0 Å². The molecule has 0 saturated carbocycles. The minimum absolute atomic E-state index is 0.0355. The van der Waals surface area contributed by atoms with Gasteiger partial charge >= 0.3 is 0 Å². The molecule has 0 aliphatic rings. The Bertz CT molecular complexity index is 372. The molecule has 0 aliphatic carbocycles. The molecule has 0 spiro atoms. The molecule has 3 nitrogen and oxygen atoms in total. The van der Waals surface area contributed by atoms with Crippen molar-refractivity contribution in [2.45, 2.75) is 31.1 Å². The molecule has 106 valence electrons. The average molecular weight is 281 g/mol. The summed E-state index contributed by atoms with van der Waals surface area (Å²) in [6, 6.07) is 7.61. The Hall–Kier alpha value is -1.00. The molecule has 0 radical (unpaired) electrons. The molecule has 19 heavy (non-hydrogen) atoms. The topological polar surface area (TPSA) is 49.3 Å². The Morgan fingerprint density at radius 3 is 2.53 bits per heavy atom. The van der Waals surface area contributed by atoms with Crippen LogP contribution in [0, 0.1) is 5.92 Å². The summed E-state index contributed by atoms with van der Waals surface area (Å²) in [7, 11) is 0. The molecular weight excluding hydrogens is 258 g/mol. The Labute approximate surface area is 119 Å². The van der Waals surface area contributed by atoms with Gasteiger partial charge in [0.2, 0.25) is 0 Å². The lowest BCUT2D eigenvalue weighted by Crippen LogP contribution is -2.29. The second-order valence-electron chi connectivity index (χ2n) is 4.61. The maximum Gasteiger partial charge on any atom is 0.251 e. The first kappa shape index (κ1) is 16.1. The molecule has 2 N–H and O–H groups in total. The summed E-state index contributed by atoms with van der Waals surface area (Å²) in [5.74, 6) is 0.330. The second-order valence-corrected chi connectivity index (χ2v) is 5.49. The molecule has 1 atom stereocenters. The molecular formula is C15H23NO2S. The molecule has 0 heterocycles. The molecule has 0 aromatic heterocycles. The van der Waals surface area contributed by atoms with Crippen molar-refractivity contribution in [3.8, 4) is 0 Å². The largest absolute Gasteiger partial charge is 0.396 e. The van der Waals surface area contributed by atoms with E-state index in [0.717, 1.165) is 24.2 Å². The first-order valence-electron chi connectivity index (χ1n) is 6.74. The number of aliphatic hydroxyl groups is 1. The van der Waals surface area contributed by atoms with Crippen molar-refractivity contribution in [3.05, 3.63) is 29.8 Å². The van der Waals surface area contributed by atoms with Crippen LogP contribution in [0.2, 0.25) is 0 Å². The van der Waals surface area contributed by atoms with E-state index in [9.17, 15) is 4.79 Å². The van der Waals surface area contributed by atoms with Crippen molar-refractivity contribution in [2.24, 2.45) is 5.92 Å². The quantitative estimate of drug-likeness (QED) is 0.720. The van der Waals surface area contributed by atoms with Crippen LogP contribution in [0.15, 0.2) is 29.2 Å². The number of benzene rings is 1. The summed E-state index contributed by atoms with van der Waals surface area (Å²) in [6.07, 6.45) is 4.87. The summed E-state index contributed by atoms with van der Waals surface area (Å²) in [5, 5.41) is 11.9. The van der Waals surface area contributed by atoms with Crippen LogP contribution in [0.5, 0.6) is 0 Å². The maximum atomic E-state index is 12.0. The predicted octanol–water partition coefficient (Wildman–Crippen LogP) is 2.94. The SMILES string of the molecule is CCCC(CCO)CNC(=O)c1ccc(SC)cc1. The van der Waals surface area contributed by atoms with Gasteiger partial charge in [0.05, 0.1) is 0 Å². The first-order valence-corrected chi connectivity index (χ1v) is 7.96.